The first-order valence-electron chi connectivity index (χ1n) is 6.67. The van der Waals surface area contributed by atoms with Gasteiger partial charge in [0.1, 0.15) is 0 Å². The van der Waals surface area contributed by atoms with Crippen molar-refractivity contribution >= 4 is 35.2 Å². The summed E-state index contributed by atoms with van der Waals surface area (Å²) in [7, 11) is 1.78. The molecule has 1 aliphatic rings. The van der Waals surface area contributed by atoms with Crippen LogP contribution in [0.15, 0.2) is 24.3 Å². The van der Waals surface area contributed by atoms with Gasteiger partial charge in [-0.15, -0.1) is 0 Å². The number of halogens is 1. The molecule has 0 unspecified atom stereocenters. The number of para-hydroxylation sites is 1. The Labute approximate surface area is 128 Å². The van der Waals surface area contributed by atoms with Crippen molar-refractivity contribution in [3.63, 3.8) is 0 Å². The van der Waals surface area contributed by atoms with Crippen LogP contribution in [-0.2, 0) is 9.59 Å². The van der Waals surface area contributed by atoms with Crippen LogP contribution < -0.4 is 4.90 Å². The van der Waals surface area contributed by atoms with Gasteiger partial charge in [-0.05, 0) is 24.1 Å². The largest absolute Gasteiger partial charge is 0.478 e. The van der Waals surface area contributed by atoms with Gasteiger partial charge in [-0.2, -0.15) is 0 Å². The van der Waals surface area contributed by atoms with Crippen LogP contribution in [0.25, 0.3) is 6.08 Å². The number of carboxylic acids is 1. The number of amides is 1. The lowest BCUT2D eigenvalue weighted by Crippen LogP contribution is -2.34. The molecule has 0 aromatic heterocycles. The molecule has 0 bridgehead atoms. The number of carboxylic acid groups (broad SMARTS) is 1. The van der Waals surface area contributed by atoms with Gasteiger partial charge in [0.2, 0.25) is 5.91 Å². The molecule has 5 nitrogen and oxygen atoms in total. The second-order valence-electron chi connectivity index (χ2n) is 4.94. The number of hydrogen-bond donors (Lipinski definition) is 1. The van der Waals surface area contributed by atoms with Crippen LogP contribution in [0.3, 0.4) is 0 Å². The van der Waals surface area contributed by atoms with Gasteiger partial charge in [0.25, 0.3) is 0 Å². The van der Waals surface area contributed by atoms with Crippen LogP contribution in [0, 0.1) is 0 Å². The third-order valence-corrected chi connectivity index (χ3v) is 3.72. The quantitative estimate of drug-likeness (QED) is 0.869. The van der Waals surface area contributed by atoms with Gasteiger partial charge >= 0.3 is 5.97 Å². The van der Waals surface area contributed by atoms with Crippen molar-refractivity contribution in [2.75, 3.05) is 31.6 Å². The maximum Gasteiger partial charge on any atom is 0.328 e. The summed E-state index contributed by atoms with van der Waals surface area (Å²) in [5, 5.41) is 9.29. The van der Waals surface area contributed by atoms with Gasteiger partial charge in [0.15, 0.2) is 0 Å². The van der Waals surface area contributed by atoms with E-state index in [0.29, 0.717) is 29.4 Å². The van der Waals surface area contributed by atoms with Crippen LogP contribution in [-0.4, -0.2) is 48.6 Å². The number of carbonyl (C=O) groups is 2. The van der Waals surface area contributed by atoms with E-state index in [1.165, 1.54) is 6.08 Å². The molecule has 112 valence electrons. The second-order valence-corrected chi connectivity index (χ2v) is 5.35. The van der Waals surface area contributed by atoms with E-state index in [0.717, 1.165) is 12.5 Å². The summed E-state index contributed by atoms with van der Waals surface area (Å²) >= 11 is 6.27. The van der Waals surface area contributed by atoms with Gasteiger partial charge in [-0.3, -0.25) is 4.79 Å². The monoisotopic (exact) mass is 308 g/mol. The summed E-state index contributed by atoms with van der Waals surface area (Å²) in [5.41, 5.74) is 1.41. The number of nitrogens with zero attached hydrogens (tertiary/aromatic N) is 2. The second kappa shape index (κ2) is 6.63. The smallest absolute Gasteiger partial charge is 0.328 e. The molecule has 1 aromatic rings. The predicted molar refractivity (Wildman–Crippen MR) is 82.6 cm³/mol. The first-order chi connectivity index (χ1) is 9.99. The van der Waals surface area contributed by atoms with Crippen molar-refractivity contribution in [1.82, 2.24) is 4.90 Å². The minimum Gasteiger partial charge on any atom is -0.478 e. The Morgan fingerprint density at radius 3 is 2.86 bits per heavy atom. The van der Waals surface area contributed by atoms with Crippen molar-refractivity contribution in [3.05, 3.63) is 34.9 Å². The van der Waals surface area contributed by atoms with Crippen LogP contribution in [0.2, 0.25) is 5.02 Å². The van der Waals surface area contributed by atoms with Gasteiger partial charge in [0, 0.05) is 26.2 Å². The number of anilines is 1. The van der Waals surface area contributed by atoms with Crippen molar-refractivity contribution in [2.24, 2.45) is 0 Å². The Morgan fingerprint density at radius 2 is 2.14 bits per heavy atom. The summed E-state index contributed by atoms with van der Waals surface area (Å²) in [6.45, 7) is 1.65. The molecule has 2 rings (SSSR count). The summed E-state index contributed by atoms with van der Waals surface area (Å²) < 4.78 is 0. The molecule has 1 fully saturated rings. The minimum absolute atomic E-state index is 0.0283. The molecular weight excluding hydrogens is 292 g/mol. The molecule has 0 spiro atoms. The van der Waals surface area contributed by atoms with E-state index in [2.05, 4.69) is 0 Å². The SMILES string of the molecule is CN1CCCN(c2c(Cl)cccc2/C=C/C(=O)O)CC1=O. The van der Waals surface area contributed by atoms with Crippen LogP contribution in [0.5, 0.6) is 0 Å². The normalized spacial score (nSPS) is 16.4. The first kappa shape index (κ1) is 15.4. The standard InChI is InChI=1S/C15H17ClN2O3/c1-17-8-3-9-18(10-13(17)19)15-11(6-7-14(20)21)4-2-5-12(15)16/h2,4-7H,3,8-10H2,1H3,(H,20,21)/b7-6+. The van der Waals surface area contributed by atoms with E-state index < -0.39 is 5.97 Å². The average molecular weight is 309 g/mol. The van der Waals surface area contributed by atoms with E-state index >= 15 is 0 Å². The summed E-state index contributed by atoms with van der Waals surface area (Å²) in [6.07, 6.45) is 3.42. The third-order valence-electron chi connectivity index (χ3n) is 3.41. The molecule has 1 aromatic carbocycles. The molecule has 1 heterocycles. The molecule has 1 N–H and O–H groups in total. The van der Waals surface area contributed by atoms with Gasteiger partial charge in [-0.1, -0.05) is 23.7 Å². The Hall–Kier alpha value is -2.01. The summed E-state index contributed by atoms with van der Waals surface area (Å²) in [4.78, 5) is 26.3. The first-order valence-corrected chi connectivity index (χ1v) is 7.05. The Morgan fingerprint density at radius 1 is 1.38 bits per heavy atom. The number of aliphatic carboxylic acids is 1. The molecule has 6 heteroatoms. The molecular formula is C15H17ClN2O3. The molecule has 1 amide bonds. The van der Waals surface area contributed by atoms with E-state index in [9.17, 15) is 9.59 Å². The molecule has 21 heavy (non-hydrogen) atoms. The lowest BCUT2D eigenvalue weighted by molar-refractivity contribution is -0.131. The minimum atomic E-state index is -1.02. The number of likely N-dealkylation sites (N-methyl/N-ethyl adjacent to an activating group) is 1. The Balaban J connectivity index is 2.37. The van der Waals surface area contributed by atoms with E-state index in [-0.39, 0.29) is 12.5 Å². The topological polar surface area (TPSA) is 60.9 Å². The molecule has 0 radical (unpaired) electrons. The predicted octanol–water partition coefficient (Wildman–Crippen LogP) is 2.11. The number of carbonyl (C=O) groups excluding carboxylic acids is 1. The molecule has 0 atom stereocenters. The molecule has 1 saturated heterocycles. The highest BCUT2D eigenvalue weighted by molar-refractivity contribution is 6.33. The van der Waals surface area contributed by atoms with Crippen molar-refractivity contribution in [1.29, 1.82) is 0 Å². The zero-order valence-electron chi connectivity index (χ0n) is 11.8. The highest BCUT2D eigenvalue weighted by Gasteiger charge is 2.22. The highest BCUT2D eigenvalue weighted by Crippen LogP contribution is 2.31. The number of benzene rings is 1. The highest BCUT2D eigenvalue weighted by atomic mass is 35.5. The maximum atomic E-state index is 12.0. The molecule has 0 aliphatic carbocycles. The van der Waals surface area contributed by atoms with Gasteiger partial charge in [0.05, 0.1) is 17.3 Å². The van der Waals surface area contributed by atoms with Crippen molar-refractivity contribution in [2.45, 2.75) is 6.42 Å². The fourth-order valence-corrected chi connectivity index (χ4v) is 2.64. The van der Waals surface area contributed by atoms with Crippen molar-refractivity contribution < 1.29 is 14.7 Å². The third kappa shape index (κ3) is 3.76. The van der Waals surface area contributed by atoms with Crippen LogP contribution in [0.1, 0.15) is 12.0 Å². The fraction of sp³-hybridized carbons (Fsp3) is 0.333. The Bertz CT molecular complexity index is 586. The number of rotatable bonds is 3. The number of hydrogen-bond acceptors (Lipinski definition) is 3. The van der Waals surface area contributed by atoms with Crippen LogP contribution >= 0.6 is 11.6 Å². The summed E-state index contributed by atoms with van der Waals surface area (Å²) in [6, 6.07) is 5.30. The fourth-order valence-electron chi connectivity index (χ4n) is 2.34. The lowest BCUT2D eigenvalue weighted by atomic mass is 10.1. The Kier molecular flexibility index (Phi) is 4.85. The summed E-state index contributed by atoms with van der Waals surface area (Å²) in [5.74, 6) is -0.992. The zero-order valence-corrected chi connectivity index (χ0v) is 12.5. The van der Waals surface area contributed by atoms with E-state index in [1.54, 1.807) is 30.1 Å². The lowest BCUT2D eigenvalue weighted by Gasteiger charge is -2.25. The van der Waals surface area contributed by atoms with Crippen molar-refractivity contribution in [3.8, 4) is 0 Å². The van der Waals surface area contributed by atoms with E-state index in [4.69, 9.17) is 16.7 Å². The molecule has 1 aliphatic heterocycles. The van der Waals surface area contributed by atoms with Gasteiger partial charge in [-0.25, -0.2) is 4.79 Å². The average Bonchev–Trinajstić information content (AvgIpc) is 2.59. The maximum absolute atomic E-state index is 12.0. The molecule has 0 saturated carbocycles. The van der Waals surface area contributed by atoms with Crippen LogP contribution in [0.4, 0.5) is 5.69 Å². The zero-order chi connectivity index (χ0) is 15.4. The van der Waals surface area contributed by atoms with E-state index in [1.807, 2.05) is 4.90 Å². The van der Waals surface area contributed by atoms with Gasteiger partial charge < -0.3 is 14.9 Å².